The first-order valence-electron chi connectivity index (χ1n) is 15.6. The van der Waals surface area contributed by atoms with Crippen LogP contribution >= 0.6 is 0 Å². The Balaban J connectivity index is 1.23. The molecule has 0 aromatic heterocycles. The van der Waals surface area contributed by atoms with E-state index in [1.807, 2.05) is 24.3 Å². The van der Waals surface area contributed by atoms with Crippen molar-refractivity contribution in [2.45, 2.75) is 31.1 Å². The Kier molecular flexibility index (Phi) is 7.56. The second kappa shape index (κ2) is 11.8. The number of amides is 2. The Morgan fingerprint density at radius 3 is 1.30 bits per heavy atom. The summed E-state index contributed by atoms with van der Waals surface area (Å²) in [7, 11) is 0. The molecule has 2 N–H and O–H groups in total. The number of hydrogen-bond acceptors (Lipinski definition) is 4. The van der Waals surface area contributed by atoms with Crippen LogP contribution in [0.4, 0.5) is 11.4 Å². The summed E-state index contributed by atoms with van der Waals surface area (Å²) >= 11 is 0. The van der Waals surface area contributed by atoms with Gasteiger partial charge in [-0.2, -0.15) is 0 Å². The molecule has 0 unspecified atom stereocenters. The number of fused-ring (bicyclic) bond motifs is 3. The normalized spacial score (nSPS) is 17.4. The van der Waals surface area contributed by atoms with E-state index in [1.54, 1.807) is 0 Å². The first kappa shape index (κ1) is 27.6. The van der Waals surface area contributed by atoms with Crippen LogP contribution in [0.1, 0.15) is 47.9 Å². The monoisotopic (exact) mass is 570 g/mol. The lowest BCUT2D eigenvalue weighted by molar-refractivity contribution is -0.117. The molecule has 2 aliphatic heterocycles. The van der Waals surface area contributed by atoms with Crippen LogP contribution in [-0.2, 0) is 15.0 Å². The zero-order valence-corrected chi connectivity index (χ0v) is 24.5. The third kappa shape index (κ3) is 5.26. The molecule has 4 aromatic carbocycles. The van der Waals surface area contributed by atoms with Gasteiger partial charge in [0.05, 0.1) is 18.5 Å². The number of anilines is 2. The zero-order chi connectivity index (χ0) is 29.2. The maximum Gasteiger partial charge on any atom is 0.238 e. The fourth-order valence-corrected chi connectivity index (χ4v) is 7.32. The van der Waals surface area contributed by atoms with Crippen LogP contribution in [0.2, 0.25) is 0 Å². The Morgan fingerprint density at radius 1 is 0.535 bits per heavy atom. The molecule has 1 aliphatic carbocycles. The number of carbonyl (C=O) groups is 2. The second-order valence-electron chi connectivity index (χ2n) is 12.1. The van der Waals surface area contributed by atoms with Crippen molar-refractivity contribution < 1.29 is 9.59 Å². The molecule has 6 nitrogen and oxygen atoms in total. The van der Waals surface area contributed by atoms with Crippen LogP contribution in [0.5, 0.6) is 0 Å². The van der Waals surface area contributed by atoms with Crippen LogP contribution in [0.25, 0.3) is 11.1 Å². The van der Waals surface area contributed by atoms with Gasteiger partial charge in [-0.15, -0.1) is 0 Å². The van der Waals surface area contributed by atoms with Crippen molar-refractivity contribution in [3.05, 3.63) is 119 Å². The summed E-state index contributed by atoms with van der Waals surface area (Å²) in [6.45, 7) is 4.85. The van der Waals surface area contributed by atoms with E-state index >= 15 is 0 Å². The molecule has 7 rings (SSSR count). The van der Waals surface area contributed by atoms with Crippen molar-refractivity contribution in [2.24, 2.45) is 0 Å². The molecule has 2 heterocycles. The number of carbonyl (C=O) groups excluding carboxylic acids is 2. The van der Waals surface area contributed by atoms with Gasteiger partial charge in [-0.05, 0) is 110 Å². The average molecular weight is 571 g/mol. The second-order valence-corrected chi connectivity index (χ2v) is 12.1. The van der Waals surface area contributed by atoms with Crippen molar-refractivity contribution >= 4 is 23.2 Å². The van der Waals surface area contributed by atoms with Gasteiger partial charge in [0, 0.05) is 11.4 Å². The minimum Gasteiger partial charge on any atom is -0.325 e. The molecule has 2 saturated heterocycles. The van der Waals surface area contributed by atoms with Crippen LogP contribution in [-0.4, -0.2) is 60.9 Å². The summed E-state index contributed by atoms with van der Waals surface area (Å²) in [5, 5.41) is 6.21. The predicted octanol–water partition coefficient (Wildman–Crippen LogP) is 6.12. The van der Waals surface area contributed by atoms with E-state index in [0.717, 1.165) is 48.7 Å². The zero-order valence-electron chi connectivity index (χ0n) is 24.5. The molecule has 2 fully saturated rings. The maximum absolute atomic E-state index is 12.7. The lowest BCUT2D eigenvalue weighted by Gasteiger charge is -2.34. The SMILES string of the molecule is O=C(CN1CCCC1)Nc1ccc(C2(c3ccc(NC(=O)CN4CCCC4)cc3)c3ccccc3-c3ccccc32)cc1. The van der Waals surface area contributed by atoms with Crippen LogP contribution < -0.4 is 10.6 Å². The topological polar surface area (TPSA) is 64.7 Å². The maximum atomic E-state index is 12.7. The van der Waals surface area contributed by atoms with E-state index in [2.05, 4.69) is 93.2 Å². The van der Waals surface area contributed by atoms with Gasteiger partial charge in [-0.3, -0.25) is 19.4 Å². The molecule has 4 aromatic rings. The minimum atomic E-state index is -0.538. The number of hydrogen-bond donors (Lipinski definition) is 2. The summed E-state index contributed by atoms with van der Waals surface area (Å²) in [5.74, 6) is 0.0616. The molecule has 0 bridgehead atoms. The van der Waals surface area contributed by atoms with Gasteiger partial charge < -0.3 is 10.6 Å². The van der Waals surface area contributed by atoms with Gasteiger partial charge in [0.2, 0.25) is 11.8 Å². The minimum absolute atomic E-state index is 0.0308. The first-order valence-corrected chi connectivity index (χ1v) is 15.6. The standard InChI is InChI=1S/C37H38N4O2/c42-35(25-40-21-5-6-22-40)38-29-17-13-27(14-18-29)37(33-11-3-1-9-31(33)32-10-2-4-12-34(32)37)28-15-19-30(20-16-28)39-36(43)26-41-23-7-8-24-41/h1-4,9-20H,5-8,21-26H2,(H,38,42)(H,39,43). The van der Waals surface area contributed by atoms with Crippen molar-refractivity contribution in [1.29, 1.82) is 0 Å². The fourth-order valence-electron chi connectivity index (χ4n) is 7.32. The lowest BCUT2D eigenvalue weighted by atomic mass is 9.67. The Bertz CT molecular complexity index is 1490. The Labute approximate surface area is 253 Å². The number of nitrogens with one attached hydrogen (secondary N) is 2. The highest BCUT2D eigenvalue weighted by Crippen LogP contribution is 2.56. The number of likely N-dealkylation sites (tertiary alicyclic amines) is 2. The van der Waals surface area contributed by atoms with Gasteiger partial charge in [-0.25, -0.2) is 0 Å². The fraction of sp³-hybridized carbons (Fsp3) is 0.297. The van der Waals surface area contributed by atoms with Crippen LogP contribution in [0, 0.1) is 0 Å². The number of rotatable bonds is 8. The molecule has 0 saturated carbocycles. The quantitative estimate of drug-likeness (QED) is 0.236. The molecule has 0 spiro atoms. The van der Waals surface area contributed by atoms with Crippen molar-refractivity contribution in [1.82, 2.24) is 9.80 Å². The van der Waals surface area contributed by atoms with Gasteiger partial charge in [0.25, 0.3) is 0 Å². The molecule has 2 amide bonds. The molecule has 0 radical (unpaired) electrons. The van der Waals surface area contributed by atoms with Crippen molar-refractivity contribution in [3.63, 3.8) is 0 Å². The van der Waals surface area contributed by atoms with E-state index in [1.165, 1.54) is 47.9 Å². The van der Waals surface area contributed by atoms with Gasteiger partial charge in [0.15, 0.2) is 0 Å². The van der Waals surface area contributed by atoms with Crippen molar-refractivity contribution in [3.8, 4) is 11.1 Å². The third-order valence-electron chi connectivity index (χ3n) is 9.29. The average Bonchev–Trinajstić information content (AvgIpc) is 3.79. The molecular weight excluding hydrogens is 532 g/mol. The van der Waals surface area contributed by atoms with Gasteiger partial charge in [0.1, 0.15) is 0 Å². The first-order chi connectivity index (χ1) is 21.1. The number of nitrogens with zero attached hydrogens (tertiary/aromatic N) is 2. The summed E-state index contributed by atoms with van der Waals surface area (Å²) in [4.78, 5) is 29.9. The molecule has 6 heteroatoms. The number of benzene rings is 4. The smallest absolute Gasteiger partial charge is 0.238 e. The van der Waals surface area contributed by atoms with E-state index in [9.17, 15) is 9.59 Å². The lowest BCUT2D eigenvalue weighted by Crippen LogP contribution is -2.31. The molecule has 43 heavy (non-hydrogen) atoms. The molecule has 3 aliphatic rings. The van der Waals surface area contributed by atoms with Crippen LogP contribution in [0.3, 0.4) is 0 Å². The summed E-state index contributed by atoms with van der Waals surface area (Å²) in [6, 6.07) is 34.0. The van der Waals surface area contributed by atoms with E-state index in [0.29, 0.717) is 13.1 Å². The van der Waals surface area contributed by atoms with E-state index < -0.39 is 5.41 Å². The van der Waals surface area contributed by atoms with Gasteiger partial charge >= 0.3 is 0 Å². The largest absolute Gasteiger partial charge is 0.325 e. The van der Waals surface area contributed by atoms with E-state index in [4.69, 9.17) is 0 Å². The molecule has 0 atom stereocenters. The third-order valence-corrected chi connectivity index (χ3v) is 9.29. The molecular formula is C37H38N4O2. The highest BCUT2D eigenvalue weighted by atomic mass is 16.2. The van der Waals surface area contributed by atoms with E-state index in [-0.39, 0.29) is 11.8 Å². The summed E-state index contributed by atoms with van der Waals surface area (Å²) < 4.78 is 0. The Morgan fingerprint density at radius 2 is 0.907 bits per heavy atom. The molecule has 218 valence electrons. The summed E-state index contributed by atoms with van der Waals surface area (Å²) in [6.07, 6.45) is 4.66. The van der Waals surface area contributed by atoms with Crippen molar-refractivity contribution in [2.75, 3.05) is 49.9 Å². The summed E-state index contributed by atoms with van der Waals surface area (Å²) in [5.41, 5.74) is 8.25. The predicted molar refractivity (Wildman–Crippen MR) is 172 cm³/mol. The van der Waals surface area contributed by atoms with Crippen LogP contribution in [0.15, 0.2) is 97.1 Å². The highest BCUT2D eigenvalue weighted by molar-refractivity contribution is 5.93. The Hall–Kier alpha value is -4.26. The highest BCUT2D eigenvalue weighted by Gasteiger charge is 2.45. The van der Waals surface area contributed by atoms with Gasteiger partial charge in [-0.1, -0.05) is 72.8 Å².